The van der Waals surface area contributed by atoms with Gasteiger partial charge in [0.1, 0.15) is 12.7 Å². The first kappa shape index (κ1) is 18.5. The lowest BCUT2D eigenvalue weighted by Gasteiger charge is -2.26. The number of para-hydroxylation sites is 3. The van der Waals surface area contributed by atoms with E-state index in [2.05, 4.69) is 43.9 Å². The summed E-state index contributed by atoms with van der Waals surface area (Å²) in [4.78, 5) is 2.45. The number of hydrogen-bond acceptors (Lipinski definition) is 6. The van der Waals surface area contributed by atoms with Crippen molar-refractivity contribution >= 4 is 11.8 Å². The summed E-state index contributed by atoms with van der Waals surface area (Å²) >= 11 is 1.67. The summed E-state index contributed by atoms with van der Waals surface area (Å²) in [6.45, 7) is 3.65. The fraction of sp³-hybridized carbons (Fsp3) is 0.364. The number of ether oxygens (including phenoxy) is 2. The Hall–Kier alpha value is -2.51. The molecule has 0 amide bonds. The number of fused-ring (bicyclic) bond motifs is 1. The number of thioether (sulfide) groups is 1. The Morgan fingerprint density at radius 1 is 0.931 bits per heavy atom. The maximum atomic E-state index is 6.10. The zero-order valence-electron chi connectivity index (χ0n) is 16.2. The summed E-state index contributed by atoms with van der Waals surface area (Å²) in [7, 11) is 0. The molecule has 2 aromatic carbocycles. The highest BCUT2D eigenvalue weighted by atomic mass is 32.2. The van der Waals surface area contributed by atoms with Gasteiger partial charge in [0, 0.05) is 11.4 Å². The van der Waals surface area contributed by atoms with Crippen LogP contribution >= 0.6 is 11.8 Å². The van der Waals surface area contributed by atoms with E-state index < -0.39 is 0 Å². The van der Waals surface area contributed by atoms with Gasteiger partial charge in [-0.15, -0.1) is 10.2 Å². The SMILES string of the molecule is c1ccc(-n2c(CN3CCCC3)nnc2SCC2COc3ccccc3O2)cc1. The number of likely N-dealkylation sites (tertiary alicyclic amines) is 1. The van der Waals surface area contributed by atoms with Crippen LogP contribution in [-0.4, -0.2) is 51.2 Å². The average Bonchev–Trinajstić information content (AvgIpc) is 3.43. The van der Waals surface area contributed by atoms with Crippen molar-refractivity contribution in [2.24, 2.45) is 0 Å². The molecule has 0 spiro atoms. The first-order chi connectivity index (χ1) is 14.4. The summed E-state index contributed by atoms with van der Waals surface area (Å²) in [6, 6.07) is 18.2. The van der Waals surface area contributed by atoms with E-state index in [0.717, 1.165) is 53.6 Å². The maximum absolute atomic E-state index is 6.10. The van der Waals surface area contributed by atoms with Gasteiger partial charge in [-0.1, -0.05) is 42.1 Å². The normalized spacial score (nSPS) is 18.8. The molecule has 29 heavy (non-hydrogen) atoms. The Labute approximate surface area is 174 Å². The Kier molecular flexibility index (Phi) is 5.41. The molecule has 1 unspecified atom stereocenters. The molecule has 0 bridgehead atoms. The summed E-state index contributed by atoms with van der Waals surface area (Å²) in [5, 5.41) is 9.95. The second-order valence-electron chi connectivity index (χ2n) is 7.36. The quantitative estimate of drug-likeness (QED) is 0.579. The van der Waals surface area contributed by atoms with E-state index in [-0.39, 0.29) is 6.10 Å². The predicted molar refractivity (Wildman–Crippen MR) is 113 cm³/mol. The Morgan fingerprint density at radius 3 is 2.52 bits per heavy atom. The molecule has 1 aromatic heterocycles. The predicted octanol–water partition coefficient (Wildman–Crippen LogP) is 3.80. The van der Waals surface area contributed by atoms with Gasteiger partial charge in [-0.25, -0.2) is 0 Å². The summed E-state index contributed by atoms with van der Waals surface area (Å²) in [5.41, 5.74) is 1.10. The van der Waals surface area contributed by atoms with Crippen LogP contribution in [0.4, 0.5) is 0 Å². The largest absolute Gasteiger partial charge is 0.486 e. The molecular weight excluding hydrogens is 384 g/mol. The van der Waals surface area contributed by atoms with E-state index in [9.17, 15) is 0 Å². The number of benzene rings is 2. The van der Waals surface area contributed by atoms with Crippen LogP contribution in [0.15, 0.2) is 59.8 Å². The van der Waals surface area contributed by atoms with Gasteiger partial charge >= 0.3 is 0 Å². The van der Waals surface area contributed by atoms with Gasteiger partial charge in [-0.3, -0.25) is 9.47 Å². The second-order valence-corrected chi connectivity index (χ2v) is 8.35. The number of hydrogen-bond donors (Lipinski definition) is 0. The smallest absolute Gasteiger partial charge is 0.196 e. The number of nitrogens with zero attached hydrogens (tertiary/aromatic N) is 4. The molecule has 150 valence electrons. The average molecular weight is 409 g/mol. The fourth-order valence-corrected chi connectivity index (χ4v) is 4.72. The highest BCUT2D eigenvalue weighted by molar-refractivity contribution is 7.99. The molecule has 1 saturated heterocycles. The molecule has 0 N–H and O–H groups in total. The van der Waals surface area contributed by atoms with Crippen molar-refractivity contribution in [3.8, 4) is 17.2 Å². The van der Waals surface area contributed by atoms with Crippen LogP contribution in [-0.2, 0) is 6.54 Å². The minimum Gasteiger partial charge on any atom is -0.486 e. The van der Waals surface area contributed by atoms with Crippen molar-refractivity contribution in [3.63, 3.8) is 0 Å². The van der Waals surface area contributed by atoms with E-state index in [4.69, 9.17) is 9.47 Å². The van der Waals surface area contributed by atoms with Crippen molar-refractivity contribution in [3.05, 3.63) is 60.4 Å². The van der Waals surface area contributed by atoms with E-state index in [1.807, 2.05) is 30.3 Å². The molecule has 3 heterocycles. The summed E-state index contributed by atoms with van der Waals surface area (Å²) < 4.78 is 14.1. The van der Waals surface area contributed by atoms with Crippen LogP contribution in [0.2, 0.25) is 0 Å². The number of rotatable bonds is 6. The van der Waals surface area contributed by atoms with Gasteiger partial charge in [0.05, 0.1) is 6.54 Å². The lowest BCUT2D eigenvalue weighted by atomic mass is 10.3. The van der Waals surface area contributed by atoms with Crippen molar-refractivity contribution in [1.82, 2.24) is 19.7 Å². The standard InChI is InChI=1S/C22H24N4O2S/c1-2-8-17(9-3-1)26-21(14-25-12-6-7-13-25)23-24-22(26)29-16-18-15-27-19-10-4-5-11-20(19)28-18/h1-5,8-11,18H,6-7,12-16H2. The summed E-state index contributed by atoms with van der Waals surface area (Å²) in [5.74, 6) is 3.37. The fourth-order valence-electron chi connectivity index (χ4n) is 3.79. The van der Waals surface area contributed by atoms with Crippen LogP contribution in [0, 0.1) is 0 Å². The van der Waals surface area contributed by atoms with Crippen LogP contribution < -0.4 is 9.47 Å². The van der Waals surface area contributed by atoms with E-state index in [0.29, 0.717) is 6.61 Å². The van der Waals surface area contributed by atoms with Gasteiger partial charge in [0.25, 0.3) is 0 Å². The molecule has 1 fully saturated rings. The molecular formula is C22H24N4O2S. The number of aromatic nitrogens is 3. The zero-order valence-corrected chi connectivity index (χ0v) is 17.1. The van der Waals surface area contributed by atoms with Gasteiger partial charge in [0.2, 0.25) is 0 Å². The monoisotopic (exact) mass is 408 g/mol. The Bertz CT molecular complexity index is 956. The molecule has 6 nitrogen and oxygen atoms in total. The highest BCUT2D eigenvalue weighted by Gasteiger charge is 2.24. The van der Waals surface area contributed by atoms with Crippen molar-refractivity contribution in [2.75, 3.05) is 25.4 Å². The highest BCUT2D eigenvalue weighted by Crippen LogP contribution is 2.33. The minimum atomic E-state index is -0.0159. The topological polar surface area (TPSA) is 52.4 Å². The third-order valence-electron chi connectivity index (χ3n) is 5.24. The van der Waals surface area contributed by atoms with Gasteiger partial charge in [-0.2, -0.15) is 0 Å². The van der Waals surface area contributed by atoms with Crippen LogP contribution in [0.3, 0.4) is 0 Å². The molecule has 2 aliphatic rings. The Morgan fingerprint density at radius 2 is 1.69 bits per heavy atom. The zero-order chi connectivity index (χ0) is 19.5. The van der Waals surface area contributed by atoms with Crippen LogP contribution in [0.1, 0.15) is 18.7 Å². The summed E-state index contributed by atoms with van der Waals surface area (Å²) in [6.07, 6.45) is 2.52. The minimum absolute atomic E-state index is 0.0159. The van der Waals surface area contributed by atoms with E-state index >= 15 is 0 Å². The van der Waals surface area contributed by atoms with Crippen molar-refractivity contribution < 1.29 is 9.47 Å². The first-order valence-corrected chi connectivity index (χ1v) is 11.1. The van der Waals surface area contributed by atoms with Crippen LogP contribution in [0.5, 0.6) is 11.5 Å². The van der Waals surface area contributed by atoms with Gasteiger partial charge in [0.15, 0.2) is 22.5 Å². The lowest BCUT2D eigenvalue weighted by Crippen LogP contribution is -2.31. The molecule has 3 aromatic rings. The second kappa shape index (κ2) is 8.47. The molecule has 1 atom stereocenters. The molecule has 0 saturated carbocycles. The van der Waals surface area contributed by atoms with Crippen molar-refractivity contribution in [1.29, 1.82) is 0 Å². The molecule has 2 aliphatic heterocycles. The van der Waals surface area contributed by atoms with E-state index in [1.165, 1.54) is 12.8 Å². The van der Waals surface area contributed by atoms with Crippen LogP contribution in [0.25, 0.3) is 5.69 Å². The molecule has 0 aliphatic carbocycles. The third kappa shape index (κ3) is 4.11. The first-order valence-electron chi connectivity index (χ1n) is 10.1. The Balaban J connectivity index is 1.34. The lowest BCUT2D eigenvalue weighted by molar-refractivity contribution is 0.107. The van der Waals surface area contributed by atoms with Crippen molar-refractivity contribution in [2.45, 2.75) is 30.6 Å². The van der Waals surface area contributed by atoms with E-state index in [1.54, 1.807) is 11.8 Å². The third-order valence-corrected chi connectivity index (χ3v) is 6.31. The van der Waals surface area contributed by atoms with Gasteiger partial charge in [-0.05, 0) is 50.2 Å². The van der Waals surface area contributed by atoms with Gasteiger partial charge < -0.3 is 9.47 Å². The molecule has 5 rings (SSSR count). The maximum Gasteiger partial charge on any atom is 0.196 e. The molecule has 0 radical (unpaired) electrons. The molecule has 7 heteroatoms.